The zero-order valence-electron chi connectivity index (χ0n) is 17.2. The third-order valence-electron chi connectivity index (χ3n) is 4.72. The highest BCUT2D eigenvalue weighted by Crippen LogP contribution is 2.21. The van der Waals surface area contributed by atoms with Crippen LogP contribution in [0.1, 0.15) is 38.8 Å². The van der Waals surface area contributed by atoms with Crippen LogP contribution >= 0.6 is 0 Å². The molecule has 0 N–H and O–H groups in total. The average Bonchev–Trinajstić information content (AvgIpc) is 2.71. The first kappa shape index (κ1) is 19.8. The van der Waals surface area contributed by atoms with E-state index in [2.05, 4.69) is 96.2 Å². The van der Waals surface area contributed by atoms with Crippen LogP contribution in [0.2, 0.25) is 0 Å². The maximum absolute atomic E-state index is 4.89. The molecule has 0 unspecified atom stereocenters. The Labute approximate surface area is 168 Å². The topological polar surface area (TPSA) is 45.2 Å². The number of nitrogens with zero attached hydrogens (tertiary/aromatic N) is 5. The van der Waals surface area contributed by atoms with Crippen molar-refractivity contribution in [2.24, 2.45) is 0 Å². The van der Waals surface area contributed by atoms with E-state index in [1.54, 1.807) is 6.20 Å². The molecule has 146 valence electrons. The van der Waals surface area contributed by atoms with Crippen LogP contribution in [-0.2, 0) is 13.1 Å². The molecule has 0 aliphatic rings. The van der Waals surface area contributed by atoms with Crippen molar-refractivity contribution in [3.8, 4) is 0 Å². The lowest BCUT2D eigenvalue weighted by molar-refractivity contribution is 0.636. The molecule has 0 aliphatic carbocycles. The highest BCUT2D eigenvalue weighted by Gasteiger charge is 2.19. The largest absolute Gasteiger partial charge is 0.348 e. The van der Waals surface area contributed by atoms with Gasteiger partial charge in [-0.3, -0.25) is 0 Å². The van der Waals surface area contributed by atoms with Gasteiger partial charge < -0.3 is 9.80 Å². The SMILES string of the molecule is CC(C)N(Cc1ccccc1)c1cnnc(N(Cc2ccccc2)C(C)C)n1. The number of benzene rings is 2. The Hall–Kier alpha value is -2.95. The van der Waals surface area contributed by atoms with Crippen LogP contribution in [0.3, 0.4) is 0 Å². The first-order valence-corrected chi connectivity index (χ1v) is 9.85. The first-order chi connectivity index (χ1) is 13.5. The van der Waals surface area contributed by atoms with E-state index in [4.69, 9.17) is 4.98 Å². The molecule has 1 heterocycles. The summed E-state index contributed by atoms with van der Waals surface area (Å²) >= 11 is 0. The number of hydrogen-bond donors (Lipinski definition) is 0. The molecule has 0 amide bonds. The molecular formula is C23H29N5. The number of hydrogen-bond acceptors (Lipinski definition) is 5. The van der Waals surface area contributed by atoms with Crippen molar-refractivity contribution in [2.75, 3.05) is 9.80 Å². The van der Waals surface area contributed by atoms with Gasteiger partial charge in [0.05, 0.1) is 6.20 Å². The fraction of sp³-hybridized carbons (Fsp3) is 0.348. The molecule has 0 fully saturated rings. The molecule has 5 heteroatoms. The Balaban J connectivity index is 1.87. The zero-order chi connectivity index (χ0) is 19.9. The van der Waals surface area contributed by atoms with Crippen molar-refractivity contribution >= 4 is 11.8 Å². The molecule has 0 bridgehead atoms. The second kappa shape index (κ2) is 9.31. The van der Waals surface area contributed by atoms with Gasteiger partial charge in [0, 0.05) is 25.2 Å². The lowest BCUT2D eigenvalue weighted by atomic mass is 10.2. The maximum atomic E-state index is 4.89. The van der Waals surface area contributed by atoms with Gasteiger partial charge in [0.2, 0.25) is 5.95 Å². The van der Waals surface area contributed by atoms with Crippen molar-refractivity contribution in [1.82, 2.24) is 15.2 Å². The zero-order valence-corrected chi connectivity index (χ0v) is 17.2. The van der Waals surface area contributed by atoms with E-state index in [0.29, 0.717) is 12.0 Å². The Morgan fingerprint density at radius 2 is 1.21 bits per heavy atom. The Morgan fingerprint density at radius 3 is 1.71 bits per heavy atom. The summed E-state index contributed by atoms with van der Waals surface area (Å²) in [6.07, 6.45) is 1.76. The summed E-state index contributed by atoms with van der Waals surface area (Å²) in [6, 6.07) is 21.4. The van der Waals surface area contributed by atoms with Crippen LogP contribution < -0.4 is 9.80 Å². The van der Waals surface area contributed by atoms with Gasteiger partial charge in [-0.25, -0.2) is 0 Å². The third-order valence-corrected chi connectivity index (χ3v) is 4.72. The molecule has 0 saturated carbocycles. The minimum absolute atomic E-state index is 0.263. The van der Waals surface area contributed by atoms with Gasteiger partial charge in [0.25, 0.3) is 0 Å². The normalized spacial score (nSPS) is 11.1. The minimum Gasteiger partial charge on any atom is -0.348 e. The fourth-order valence-electron chi connectivity index (χ4n) is 3.12. The van der Waals surface area contributed by atoms with Crippen LogP contribution in [0.15, 0.2) is 66.9 Å². The van der Waals surface area contributed by atoms with Crippen LogP contribution in [-0.4, -0.2) is 27.3 Å². The van der Waals surface area contributed by atoms with E-state index in [1.165, 1.54) is 11.1 Å². The molecule has 0 atom stereocenters. The lowest BCUT2D eigenvalue weighted by Gasteiger charge is -2.30. The highest BCUT2D eigenvalue weighted by atomic mass is 15.4. The Morgan fingerprint density at radius 1 is 0.714 bits per heavy atom. The summed E-state index contributed by atoms with van der Waals surface area (Å²) in [5.41, 5.74) is 2.48. The van der Waals surface area contributed by atoms with Gasteiger partial charge in [0.15, 0.2) is 5.82 Å². The number of anilines is 2. The maximum Gasteiger partial charge on any atom is 0.247 e. The molecule has 3 aromatic rings. The lowest BCUT2D eigenvalue weighted by Crippen LogP contribution is -2.34. The van der Waals surface area contributed by atoms with Crippen molar-refractivity contribution in [2.45, 2.75) is 52.9 Å². The average molecular weight is 376 g/mol. The van der Waals surface area contributed by atoms with E-state index in [0.717, 1.165) is 18.9 Å². The van der Waals surface area contributed by atoms with Gasteiger partial charge in [-0.15, -0.1) is 5.10 Å². The van der Waals surface area contributed by atoms with E-state index < -0.39 is 0 Å². The quantitative estimate of drug-likeness (QED) is 0.571. The van der Waals surface area contributed by atoms with Gasteiger partial charge in [-0.1, -0.05) is 60.7 Å². The summed E-state index contributed by atoms with van der Waals surface area (Å²) < 4.78 is 0. The fourth-order valence-corrected chi connectivity index (χ4v) is 3.12. The smallest absolute Gasteiger partial charge is 0.247 e. The molecule has 0 aliphatic heterocycles. The molecule has 0 saturated heterocycles. The molecule has 0 spiro atoms. The van der Waals surface area contributed by atoms with E-state index >= 15 is 0 Å². The van der Waals surface area contributed by atoms with Crippen LogP contribution in [0.4, 0.5) is 11.8 Å². The summed E-state index contributed by atoms with van der Waals surface area (Å²) in [5.74, 6) is 1.51. The first-order valence-electron chi connectivity index (χ1n) is 9.85. The van der Waals surface area contributed by atoms with Gasteiger partial charge in [-0.2, -0.15) is 10.1 Å². The van der Waals surface area contributed by atoms with Crippen LogP contribution in [0.25, 0.3) is 0 Å². The second-order valence-corrected chi connectivity index (χ2v) is 7.53. The molecule has 5 nitrogen and oxygen atoms in total. The van der Waals surface area contributed by atoms with Crippen molar-refractivity contribution in [1.29, 1.82) is 0 Å². The summed E-state index contributed by atoms with van der Waals surface area (Å²) in [6.45, 7) is 10.2. The van der Waals surface area contributed by atoms with Crippen LogP contribution in [0.5, 0.6) is 0 Å². The Bertz CT molecular complexity index is 780. The summed E-state index contributed by atoms with van der Waals surface area (Å²) in [4.78, 5) is 9.33. The molecule has 1 aromatic heterocycles. The standard InChI is InChI=1S/C23H29N5/c1-18(2)27(16-20-11-7-5-8-12-20)22-15-24-26-23(25-22)28(19(3)4)17-21-13-9-6-10-14-21/h5-15,18-19H,16-17H2,1-4H3. The van der Waals surface area contributed by atoms with Gasteiger partial charge in [0.1, 0.15) is 0 Å². The predicted molar refractivity (Wildman–Crippen MR) is 115 cm³/mol. The van der Waals surface area contributed by atoms with E-state index in [1.807, 2.05) is 12.1 Å². The Kier molecular flexibility index (Phi) is 6.58. The number of aromatic nitrogens is 3. The monoisotopic (exact) mass is 375 g/mol. The van der Waals surface area contributed by atoms with Gasteiger partial charge in [-0.05, 0) is 38.8 Å². The van der Waals surface area contributed by atoms with E-state index in [-0.39, 0.29) is 6.04 Å². The second-order valence-electron chi connectivity index (χ2n) is 7.53. The van der Waals surface area contributed by atoms with Crippen molar-refractivity contribution < 1.29 is 0 Å². The minimum atomic E-state index is 0.263. The van der Waals surface area contributed by atoms with Crippen molar-refractivity contribution in [3.63, 3.8) is 0 Å². The van der Waals surface area contributed by atoms with Gasteiger partial charge >= 0.3 is 0 Å². The molecule has 28 heavy (non-hydrogen) atoms. The van der Waals surface area contributed by atoms with E-state index in [9.17, 15) is 0 Å². The predicted octanol–water partition coefficient (Wildman–Crippen LogP) is 4.70. The highest BCUT2D eigenvalue weighted by molar-refractivity contribution is 5.44. The van der Waals surface area contributed by atoms with Crippen LogP contribution in [0, 0.1) is 0 Å². The molecule has 3 rings (SSSR count). The number of rotatable bonds is 8. The molecule has 0 radical (unpaired) electrons. The van der Waals surface area contributed by atoms with Crippen molar-refractivity contribution in [3.05, 3.63) is 78.0 Å². The molecular weight excluding hydrogens is 346 g/mol. The summed E-state index contributed by atoms with van der Waals surface area (Å²) in [7, 11) is 0. The summed E-state index contributed by atoms with van der Waals surface area (Å²) in [5, 5.41) is 8.62. The molecule has 2 aromatic carbocycles. The third kappa shape index (κ3) is 5.06.